The van der Waals surface area contributed by atoms with Crippen molar-refractivity contribution in [2.45, 2.75) is 6.54 Å². The largest absolute Gasteiger partial charge is 0.387 e. The van der Waals surface area contributed by atoms with Gasteiger partial charge in [0, 0.05) is 11.6 Å². The molecule has 1 aromatic carbocycles. The van der Waals surface area contributed by atoms with Gasteiger partial charge in [0.25, 0.3) is 0 Å². The zero-order valence-electron chi connectivity index (χ0n) is 6.48. The minimum atomic E-state index is -0.316. The molecule has 0 heterocycles. The number of benzene rings is 1. The van der Waals surface area contributed by atoms with Crippen molar-refractivity contribution in [3.8, 4) is 0 Å². The molecule has 0 saturated heterocycles. The molecule has 1 N–H and O–H groups in total. The molecule has 3 heteroatoms. The van der Waals surface area contributed by atoms with E-state index < -0.39 is 0 Å². The SMILES string of the molecule is C=CNCc1cc(F)cc(Cl)c1. The molecule has 0 radical (unpaired) electrons. The zero-order valence-corrected chi connectivity index (χ0v) is 7.24. The maximum atomic E-state index is 12.7. The number of rotatable bonds is 3. The molecule has 0 aliphatic heterocycles. The van der Waals surface area contributed by atoms with Crippen molar-refractivity contribution in [2.24, 2.45) is 0 Å². The van der Waals surface area contributed by atoms with Crippen LogP contribution in [-0.2, 0) is 6.54 Å². The summed E-state index contributed by atoms with van der Waals surface area (Å²) in [4.78, 5) is 0. The number of nitrogens with one attached hydrogen (secondary N) is 1. The Balaban J connectivity index is 2.78. The Morgan fingerprint density at radius 1 is 1.50 bits per heavy atom. The number of hydrogen-bond donors (Lipinski definition) is 1. The molecule has 0 aliphatic rings. The Kier molecular flexibility index (Phi) is 3.11. The smallest absolute Gasteiger partial charge is 0.125 e. The molecule has 0 bridgehead atoms. The van der Waals surface area contributed by atoms with E-state index in [1.165, 1.54) is 12.1 Å². The minimum Gasteiger partial charge on any atom is -0.387 e. The van der Waals surface area contributed by atoms with Crippen LogP contribution >= 0.6 is 11.6 Å². The Bertz CT molecular complexity index is 266. The summed E-state index contributed by atoms with van der Waals surface area (Å²) in [5.74, 6) is -0.316. The standard InChI is InChI=1S/C9H9ClFN/c1-2-12-6-7-3-8(10)5-9(11)4-7/h2-5,12H,1,6H2. The van der Waals surface area contributed by atoms with Crippen LogP contribution in [0.2, 0.25) is 5.02 Å². The molecular formula is C9H9ClFN. The molecule has 0 aliphatic carbocycles. The van der Waals surface area contributed by atoms with Crippen molar-refractivity contribution in [1.82, 2.24) is 5.32 Å². The fourth-order valence-corrected chi connectivity index (χ4v) is 1.15. The normalized spacial score (nSPS) is 9.50. The van der Waals surface area contributed by atoms with Gasteiger partial charge >= 0.3 is 0 Å². The van der Waals surface area contributed by atoms with Crippen molar-refractivity contribution in [3.63, 3.8) is 0 Å². The van der Waals surface area contributed by atoms with E-state index in [4.69, 9.17) is 11.6 Å². The summed E-state index contributed by atoms with van der Waals surface area (Å²) in [6.45, 7) is 4.03. The van der Waals surface area contributed by atoms with E-state index in [9.17, 15) is 4.39 Å². The van der Waals surface area contributed by atoms with Gasteiger partial charge in [-0.3, -0.25) is 0 Å². The van der Waals surface area contributed by atoms with Gasteiger partial charge < -0.3 is 5.32 Å². The van der Waals surface area contributed by atoms with Crippen molar-refractivity contribution < 1.29 is 4.39 Å². The van der Waals surface area contributed by atoms with E-state index in [1.807, 2.05) is 0 Å². The van der Waals surface area contributed by atoms with Crippen LogP contribution in [0.1, 0.15) is 5.56 Å². The van der Waals surface area contributed by atoms with Crippen molar-refractivity contribution in [3.05, 3.63) is 47.4 Å². The fourth-order valence-electron chi connectivity index (χ4n) is 0.903. The monoisotopic (exact) mass is 185 g/mol. The quantitative estimate of drug-likeness (QED) is 0.764. The Morgan fingerprint density at radius 2 is 2.25 bits per heavy atom. The molecule has 0 fully saturated rings. The first-order valence-electron chi connectivity index (χ1n) is 3.51. The van der Waals surface area contributed by atoms with Crippen LogP contribution in [0.15, 0.2) is 31.0 Å². The number of halogens is 2. The summed E-state index contributed by atoms with van der Waals surface area (Å²) in [7, 11) is 0. The lowest BCUT2D eigenvalue weighted by Gasteiger charge is -2.01. The van der Waals surface area contributed by atoms with Crippen LogP contribution in [0.25, 0.3) is 0 Å². The third-order valence-electron chi connectivity index (χ3n) is 1.37. The predicted molar refractivity (Wildman–Crippen MR) is 48.4 cm³/mol. The molecule has 0 saturated carbocycles. The van der Waals surface area contributed by atoms with E-state index >= 15 is 0 Å². The van der Waals surface area contributed by atoms with Crippen LogP contribution < -0.4 is 5.32 Å². The van der Waals surface area contributed by atoms with Crippen molar-refractivity contribution in [2.75, 3.05) is 0 Å². The first-order chi connectivity index (χ1) is 5.72. The molecule has 0 spiro atoms. The highest BCUT2D eigenvalue weighted by atomic mass is 35.5. The molecule has 1 nitrogen and oxygen atoms in total. The molecule has 64 valence electrons. The average Bonchev–Trinajstić information content (AvgIpc) is 1.99. The molecule has 1 aromatic rings. The topological polar surface area (TPSA) is 12.0 Å². The minimum absolute atomic E-state index is 0.316. The van der Waals surface area contributed by atoms with E-state index in [0.717, 1.165) is 5.56 Å². The van der Waals surface area contributed by atoms with Gasteiger partial charge in [0.1, 0.15) is 5.82 Å². The van der Waals surface area contributed by atoms with Crippen LogP contribution in [0.4, 0.5) is 4.39 Å². The van der Waals surface area contributed by atoms with Crippen LogP contribution in [-0.4, -0.2) is 0 Å². The summed E-state index contributed by atoms with van der Waals surface area (Å²) in [6.07, 6.45) is 1.55. The maximum Gasteiger partial charge on any atom is 0.125 e. The summed E-state index contributed by atoms with van der Waals surface area (Å²) in [5, 5.41) is 3.27. The second kappa shape index (κ2) is 4.12. The Hall–Kier alpha value is -1.02. The molecule has 12 heavy (non-hydrogen) atoms. The average molecular weight is 186 g/mol. The molecule has 0 aromatic heterocycles. The maximum absolute atomic E-state index is 12.7. The summed E-state index contributed by atoms with van der Waals surface area (Å²) in [6, 6.07) is 4.42. The molecular weight excluding hydrogens is 177 g/mol. The van der Waals surface area contributed by atoms with E-state index in [1.54, 1.807) is 12.3 Å². The predicted octanol–water partition coefficient (Wildman–Crippen LogP) is 2.71. The molecule has 1 rings (SSSR count). The highest BCUT2D eigenvalue weighted by Gasteiger charge is 1.97. The summed E-state index contributed by atoms with van der Waals surface area (Å²) >= 11 is 5.64. The lowest BCUT2D eigenvalue weighted by atomic mass is 10.2. The van der Waals surface area contributed by atoms with Gasteiger partial charge in [0.2, 0.25) is 0 Å². The van der Waals surface area contributed by atoms with Gasteiger partial charge in [-0.25, -0.2) is 4.39 Å². The third kappa shape index (κ3) is 2.55. The van der Waals surface area contributed by atoms with Gasteiger partial charge in [0.05, 0.1) is 0 Å². The van der Waals surface area contributed by atoms with Crippen molar-refractivity contribution in [1.29, 1.82) is 0 Å². The lowest BCUT2D eigenvalue weighted by Crippen LogP contribution is -2.03. The summed E-state index contributed by atoms with van der Waals surface area (Å²) in [5.41, 5.74) is 0.805. The highest BCUT2D eigenvalue weighted by molar-refractivity contribution is 6.30. The summed E-state index contributed by atoms with van der Waals surface area (Å²) < 4.78 is 12.7. The van der Waals surface area contributed by atoms with Gasteiger partial charge in [-0.2, -0.15) is 0 Å². The van der Waals surface area contributed by atoms with E-state index in [-0.39, 0.29) is 5.82 Å². The third-order valence-corrected chi connectivity index (χ3v) is 1.59. The molecule has 0 atom stereocenters. The molecule has 0 unspecified atom stereocenters. The zero-order chi connectivity index (χ0) is 8.97. The second-order valence-corrected chi connectivity index (χ2v) is 2.80. The van der Waals surface area contributed by atoms with Gasteiger partial charge in [-0.05, 0) is 30.0 Å². The van der Waals surface area contributed by atoms with Gasteiger partial charge in [-0.15, -0.1) is 0 Å². The van der Waals surface area contributed by atoms with Crippen LogP contribution in [0.3, 0.4) is 0 Å². The number of hydrogen-bond acceptors (Lipinski definition) is 1. The fraction of sp³-hybridized carbons (Fsp3) is 0.111. The van der Waals surface area contributed by atoms with Crippen LogP contribution in [0, 0.1) is 5.82 Å². The molecule has 0 amide bonds. The Labute approximate surface area is 75.9 Å². The van der Waals surface area contributed by atoms with Crippen molar-refractivity contribution >= 4 is 11.6 Å². The van der Waals surface area contributed by atoms with E-state index in [2.05, 4.69) is 11.9 Å². The van der Waals surface area contributed by atoms with Gasteiger partial charge in [-0.1, -0.05) is 18.2 Å². The van der Waals surface area contributed by atoms with E-state index in [0.29, 0.717) is 11.6 Å². The van der Waals surface area contributed by atoms with Crippen LogP contribution in [0.5, 0.6) is 0 Å². The van der Waals surface area contributed by atoms with Gasteiger partial charge in [0.15, 0.2) is 0 Å². The highest BCUT2D eigenvalue weighted by Crippen LogP contribution is 2.13. The second-order valence-electron chi connectivity index (χ2n) is 2.36. The lowest BCUT2D eigenvalue weighted by molar-refractivity contribution is 0.624. The Morgan fingerprint density at radius 3 is 2.83 bits per heavy atom. The first-order valence-corrected chi connectivity index (χ1v) is 3.89. The first kappa shape index (κ1) is 9.07.